The predicted molar refractivity (Wildman–Crippen MR) is 81.7 cm³/mol. The highest BCUT2D eigenvalue weighted by Gasteiger charge is 2.39. The fourth-order valence-electron chi connectivity index (χ4n) is 3.63. The molecular weight excluding hydrogens is 262 g/mol. The molecule has 3 rings (SSSR count). The van der Waals surface area contributed by atoms with Gasteiger partial charge in [-0.1, -0.05) is 6.42 Å². The van der Waals surface area contributed by atoms with Crippen LogP contribution in [0.1, 0.15) is 31.7 Å². The number of benzene rings is 1. The van der Waals surface area contributed by atoms with Crippen molar-refractivity contribution in [1.82, 2.24) is 4.90 Å². The minimum atomic E-state index is -0.0914. The highest BCUT2D eigenvalue weighted by Crippen LogP contribution is 2.38. The lowest BCUT2D eigenvalue weighted by molar-refractivity contribution is -0.120. The summed E-state index contributed by atoms with van der Waals surface area (Å²) in [5, 5.41) is 11.7. The van der Waals surface area contributed by atoms with E-state index >= 15 is 0 Å². The van der Waals surface area contributed by atoms with Crippen LogP contribution in [0.15, 0.2) is 24.3 Å². The number of nitrogens with one attached hydrogen (secondary N) is 1. The molecule has 1 saturated carbocycles. The SMILES string of the molecule is CC(C(=O)Nc1ccc(C#N)cc1)N1CC2CCCC2C1. The lowest BCUT2D eigenvalue weighted by Gasteiger charge is -2.24. The van der Waals surface area contributed by atoms with E-state index in [2.05, 4.69) is 16.3 Å². The van der Waals surface area contributed by atoms with Crippen molar-refractivity contribution < 1.29 is 4.79 Å². The third-order valence-corrected chi connectivity index (χ3v) is 4.96. The fourth-order valence-corrected chi connectivity index (χ4v) is 3.63. The third kappa shape index (κ3) is 2.93. The molecule has 4 nitrogen and oxygen atoms in total. The number of carbonyl (C=O) groups excluding carboxylic acids is 1. The smallest absolute Gasteiger partial charge is 0.241 e. The number of carbonyl (C=O) groups is 1. The van der Waals surface area contributed by atoms with Gasteiger partial charge in [0.15, 0.2) is 0 Å². The van der Waals surface area contributed by atoms with E-state index in [1.807, 2.05) is 6.92 Å². The van der Waals surface area contributed by atoms with Gasteiger partial charge in [0.25, 0.3) is 0 Å². The molecule has 21 heavy (non-hydrogen) atoms. The molecular formula is C17H21N3O. The van der Waals surface area contributed by atoms with Crippen LogP contribution in [0.25, 0.3) is 0 Å². The molecule has 1 aliphatic carbocycles. The normalized spacial score (nSPS) is 26.1. The lowest BCUT2D eigenvalue weighted by Crippen LogP contribution is -2.41. The van der Waals surface area contributed by atoms with Crippen LogP contribution in [0.2, 0.25) is 0 Å². The maximum Gasteiger partial charge on any atom is 0.241 e. The number of fused-ring (bicyclic) bond motifs is 1. The molecule has 4 heteroatoms. The molecule has 0 spiro atoms. The van der Waals surface area contributed by atoms with Crippen molar-refractivity contribution >= 4 is 11.6 Å². The quantitative estimate of drug-likeness (QED) is 0.927. The molecule has 0 radical (unpaired) electrons. The number of hydrogen-bond acceptors (Lipinski definition) is 3. The van der Waals surface area contributed by atoms with Crippen LogP contribution in [-0.2, 0) is 4.79 Å². The summed E-state index contributed by atoms with van der Waals surface area (Å²) < 4.78 is 0. The number of nitrogens with zero attached hydrogens (tertiary/aromatic N) is 2. The number of likely N-dealkylation sites (tertiary alicyclic amines) is 1. The van der Waals surface area contributed by atoms with E-state index in [-0.39, 0.29) is 11.9 Å². The van der Waals surface area contributed by atoms with Crippen molar-refractivity contribution in [2.45, 2.75) is 32.2 Å². The number of amides is 1. The van der Waals surface area contributed by atoms with Gasteiger partial charge in [-0.05, 0) is 55.9 Å². The monoisotopic (exact) mass is 283 g/mol. The first-order chi connectivity index (χ1) is 10.2. The van der Waals surface area contributed by atoms with Gasteiger partial charge in [0.2, 0.25) is 5.91 Å². The summed E-state index contributed by atoms with van der Waals surface area (Å²) in [6, 6.07) is 8.99. The van der Waals surface area contributed by atoms with Crippen molar-refractivity contribution in [1.29, 1.82) is 5.26 Å². The second-order valence-corrected chi connectivity index (χ2v) is 6.26. The van der Waals surface area contributed by atoms with Crippen molar-refractivity contribution in [3.63, 3.8) is 0 Å². The van der Waals surface area contributed by atoms with Crippen LogP contribution in [0.5, 0.6) is 0 Å². The van der Waals surface area contributed by atoms with Crippen LogP contribution < -0.4 is 5.32 Å². The zero-order valence-electron chi connectivity index (χ0n) is 12.4. The topological polar surface area (TPSA) is 56.1 Å². The van der Waals surface area contributed by atoms with Gasteiger partial charge in [-0.3, -0.25) is 9.69 Å². The minimum Gasteiger partial charge on any atom is -0.325 e. The molecule has 1 aromatic carbocycles. The maximum absolute atomic E-state index is 12.4. The third-order valence-electron chi connectivity index (χ3n) is 4.96. The Morgan fingerprint density at radius 1 is 1.29 bits per heavy atom. The van der Waals surface area contributed by atoms with Crippen molar-refractivity contribution in [2.24, 2.45) is 11.8 Å². The Labute approximate surface area is 125 Å². The molecule has 1 aliphatic heterocycles. The van der Waals surface area contributed by atoms with Gasteiger partial charge in [-0.2, -0.15) is 5.26 Å². The molecule has 2 fully saturated rings. The van der Waals surface area contributed by atoms with Crippen LogP contribution >= 0.6 is 0 Å². The molecule has 1 saturated heterocycles. The van der Waals surface area contributed by atoms with E-state index in [1.165, 1.54) is 19.3 Å². The Morgan fingerprint density at radius 2 is 1.90 bits per heavy atom. The van der Waals surface area contributed by atoms with E-state index in [1.54, 1.807) is 24.3 Å². The molecule has 0 aromatic heterocycles. The first-order valence-corrected chi connectivity index (χ1v) is 7.72. The molecule has 1 amide bonds. The van der Waals surface area contributed by atoms with Gasteiger partial charge in [0.05, 0.1) is 17.7 Å². The van der Waals surface area contributed by atoms with E-state index in [4.69, 9.17) is 5.26 Å². The highest BCUT2D eigenvalue weighted by molar-refractivity contribution is 5.94. The zero-order valence-corrected chi connectivity index (χ0v) is 12.4. The average Bonchev–Trinajstić information content (AvgIpc) is 3.08. The van der Waals surface area contributed by atoms with Gasteiger partial charge >= 0.3 is 0 Å². The summed E-state index contributed by atoms with van der Waals surface area (Å²) in [6.45, 7) is 4.11. The summed E-state index contributed by atoms with van der Waals surface area (Å²) in [4.78, 5) is 14.7. The molecule has 0 bridgehead atoms. The van der Waals surface area contributed by atoms with Crippen LogP contribution in [0.4, 0.5) is 5.69 Å². The Bertz CT molecular complexity index is 548. The van der Waals surface area contributed by atoms with Crippen LogP contribution in [-0.4, -0.2) is 29.9 Å². The van der Waals surface area contributed by atoms with E-state index in [0.29, 0.717) is 5.56 Å². The second kappa shape index (κ2) is 5.87. The Morgan fingerprint density at radius 3 is 2.48 bits per heavy atom. The molecule has 3 unspecified atom stereocenters. The lowest BCUT2D eigenvalue weighted by atomic mass is 10.0. The molecule has 110 valence electrons. The fraction of sp³-hybridized carbons (Fsp3) is 0.529. The van der Waals surface area contributed by atoms with Gasteiger partial charge in [0, 0.05) is 18.8 Å². The first kappa shape index (κ1) is 14.1. The summed E-state index contributed by atoms with van der Waals surface area (Å²) in [6.07, 6.45) is 4.01. The van der Waals surface area contributed by atoms with E-state index < -0.39 is 0 Å². The van der Waals surface area contributed by atoms with Gasteiger partial charge < -0.3 is 5.32 Å². The van der Waals surface area contributed by atoms with Crippen molar-refractivity contribution in [2.75, 3.05) is 18.4 Å². The van der Waals surface area contributed by atoms with Crippen LogP contribution in [0.3, 0.4) is 0 Å². The first-order valence-electron chi connectivity index (χ1n) is 7.72. The van der Waals surface area contributed by atoms with Gasteiger partial charge in [-0.25, -0.2) is 0 Å². The Balaban J connectivity index is 1.58. The molecule has 1 N–H and O–H groups in total. The molecule has 3 atom stereocenters. The van der Waals surface area contributed by atoms with Gasteiger partial charge in [0.1, 0.15) is 0 Å². The number of nitriles is 1. The van der Waals surface area contributed by atoms with Gasteiger partial charge in [-0.15, -0.1) is 0 Å². The number of rotatable bonds is 3. The summed E-state index contributed by atoms with van der Waals surface area (Å²) in [7, 11) is 0. The number of hydrogen-bond donors (Lipinski definition) is 1. The maximum atomic E-state index is 12.4. The standard InChI is InChI=1S/C17H21N3O/c1-12(20-10-14-3-2-4-15(14)11-20)17(21)19-16-7-5-13(9-18)6-8-16/h5-8,12,14-15H,2-4,10-11H2,1H3,(H,19,21). The summed E-state index contributed by atoms with van der Waals surface area (Å²) >= 11 is 0. The summed E-state index contributed by atoms with van der Waals surface area (Å²) in [5.41, 5.74) is 1.36. The largest absolute Gasteiger partial charge is 0.325 e. The summed E-state index contributed by atoms with van der Waals surface area (Å²) in [5.74, 6) is 1.64. The van der Waals surface area contributed by atoms with Crippen LogP contribution in [0, 0.1) is 23.2 Å². The molecule has 1 aromatic rings. The Kier molecular flexibility index (Phi) is 3.94. The van der Waals surface area contributed by atoms with Crippen molar-refractivity contribution in [3.05, 3.63) is 29.8 Å². The Hall–Kier alpha value is -1.86. The predicted octanol–water partition coefficient (Wildman–Crippen LogP) is 2.62. The highest BCUT2D eigenvalue weighted by atomic mass is 16.2. The minimum absolute atomic E-state index is 0.0414. The van der Waals surface area contributed by atoms with E-state index in [9.17, 15) is 4.79 Å². The molecule has 1 heterocycles. The second-order valence-electron chi connectivity index (χ2n) is 6.26. The van der Waals surface area contributed by atoms with E-state index in [0.717, 1.165) is 30.6 Å². The average molecular weight is 283 g/mol. The molecule has 2 aliphatic rings. The number of anilines is 1. The zero-order chi connectivity index (χ0) is 14.8. The van der Waals surface area contributed by atoms with Crippen molar-refractivity contribution in [3.8, 4) is 6.07 Å².